The van der Waals surface area contributed by atoms with Crippen LogP contribution in [0.2, 0.25) is 5.02 Å². The summed E-state index contributed by atoms with van der Waals surface area (Å²) >= 11 is 7.88. The van der Waals surface area contributed by atoms with Gasteiger partial charge in [-0.15, -0.1) is 11.3 Å². The molecule has 0 aromatic carbocycles. The minimum atomic E-state index is 0.475. The van der Waals surface area contributed by atoms with Crippen molar-refractivity contribution in [2.45, 2.75) is 33.4 Å². The lowest BCUT2D eigenvalue weighted by Gasteiger charge is -2.13. The van der Waals surface area contributed by atoms with E-state index < -0.39 is 0 Å². The van der Waals surface area contributed by atoms with Gasteiger partial charge in [0.15, 0.2) is 0 Å². The third-order valence-corrected chi connectivity index (χ3v) is 4.02. The van der Waals surface area contributed by atoms with Gasteiger partial charge in [-0.25, -0.2) is 0 Å². The Labute approximate surface area is 101 Å². The maximum absolute atomic E-state index is 6.15. The van der Waals surface area contributed by atoms with E-state index >= 15 is 0 Å². The lowest BCUT2D eigenvalue weighted by Crippen LogP contribution is -2.35. The summed E-state index contributed by atoms with van der Waals surface area (Å²) < 4.78 is 0. The quantitative estimate of drug-likeness (QED) is 0.807. The fraction of sp³-hybridized carbons (Fsp3) is 0.636. The highest BCUT2D eigenvalue weighted by atomic mass is 35.5. The first-order valence-electron chi connectivity index (χ1n) is 5.31. The molecule has 0 spiro atoms. The van der Waals surface area contributed by atoms with Gasteiger partial charge in [0.1, 0.15) is 0 Å². The van der Waals surface area contributed by atoms with E-state index in [-0.39, 0.29) is 0 Å². The van der Waals surface area contributed by atoms with E-state index in [9.17, 15) is 0 Å². The summed E-state index contributed by atoms with van der Waals surface area (Å²) in [7, 11) is 0. The lowest BCUT2D eigenvalue weighted by atomic mass is 10.3. The van der Waals surface area contributed by atoms with Crippen molar-refractivity contribution >= 4 is 22.9 Å². The molecule has 0 aliphatic rings. The van der Waals surface area contributed by atoms with Crippen molar-refractivity contribution in [3.8, 4) is 0 Å². The first kappa shape index (κ1) is 13.0. The topological polar surface area (TPSA) is 24.1 Å². The van der Waals surface area contributed by atoms with Gasteiger partial charge in [0.25, 0.3) is 0 Å². The van der Waals surface area contributed by atoms with Crippen LogP contribution >= 0.6 is 22.9 Å². The Morgan fingerprint density at radius 2 is 2.27 bits per heavy atom. The van der Waals surface area contributed by atoms with E-state index in [0.717, 1.165) is 24.7 Å². The molecular formula is C11H19ClN2S. The van der Waals surface area contributed by atoms with Crippen molar-refractivity contribution in [3.05, 3.63) is 20.8 Å². The smallest absolute Gasteiger partial charge is 0.0587 e. The van der Waals surface area contributed by atoms with Crippen molar-refractivity contribution in [2.75, 3.05) is 13.1 Å². The molecule has 86 valence electrons. The van der Waals surface area contributed by atoms with Crippen LogP contribution in [0.4, 0.5) is 0 Å². The largest absolute Gasteiger partial charge is 0.315 e. The van der Waals surface area contributed by atoms with E-state index in [2.05, 4.69) is 29.9 Å². The molecule has 2 N–H and O–H groups in total. The molecule has 0 saturated heterocycles. The van der Waals surface area contributed by atoms with Crippen LogP contribution in [0, 0.1) is 6.92 Å². The van der Waals surface area contributed by atoms with Gasteiger partial charge in [-0.05, 0) is 31.3 Å². The zero-order chi connectivity index (χ0) is 11.3. The van der Waals surface area contributed by atoms with E-state index in [1.54, 1.807) is 11.3 Å². The summed E-state index contributed by atoms with van der Waals surface area (Å²) in [4.78, 5) is 1.23. The van der Waals surface area contributed by atoms with Crippen LogP contribution in [0.15, 0.2) is 5.38 Å². The second kappa shape index (κ2) is 6.48. The normalized spacial score (nSPS) is 13.1. The number of aryl methyl sites for hydroxylation is 1. The Morgan fingerprint density at radius 3 is 2.80 bits per heavy atom. The van der Waals surface area contributed by atoms with Gasteiger partial charge in [0.05, 0.1) is 5.02 Å². The summed E-state index contributed by atoms with van der Waals surface area (Å²) in [6, 6.07) is 0.475. The van der Waals surface area contributed by atoms with Crippen LogP contribution in [-0.2, 0) is 6.54 Å². The number of hydrogen-bond acceptors (Lipinski definition) is 3. The maximum Gasteiger partial charge on any atom is 0.0587 e. The number of rotatable bonds is 6. The molecule has 0 fully saturated rings. The lowest BCUT2D eigenvalue weighted by molar-refractivity contribution is 0.511. The van der Waals surface area contributed by atoms with Gasteiger partial charge in [-0.3, -0.25) is 0 Å². The minimum absolute atomic E-state index is 0.475. The number of thiophene rings is 1. The summed E-state index contributed by atoms with van der Waals surface area (Å²) in [6.07, 6.45) is 0. The summed E-state index contributed by atoms with van der Waals surface area (Å²) in [5, 5.41) is 9.79. The van der Waals surface area contributed by atoms with Gasteiger partial charge in [0.2, 0.25) is 0 Å². The van der Waals surface area contributed by atoms with E-state index in [4.69, 9.17) is 11.6 Å². The van der Waals surface area contributed by atoms with Crippen molar-refractivity contribution in [3.63, 3.8) is 0 Å². The van der Waals surface area contributed by atoms with Gasteiger partial charge in [-0.2, -0.15) is 0 Å². The first-order valence-corrected chi connectivity index (χ1v) is 6.57. The zero-order valence-corrected chi connectivity index (χ0v) is 11.1. The SMILES string of the molecule is CCNCC(C)NCc1scc(C)c1Cl. The Balaban J connectivity index is 2.33. The Bertz CT molecular complexity index is 299. The van der Waals surface area contributed by atoms with Gasteiger partial charge < -0.3 is 10.6 Å². The number of hydrogen-bond donors (Lipinski definition) is 2. The van der Waals surface area contributed by atoms with E-state index in [1.807, 2.05) is 6.92 Å². The molecule has 1 heterocycles. The predicted molar refractivity (Wildman–Crippen MR) is 68.9 cm³/mol. The highest BCUT2D eigenvalue weighted by Crippen LogP contribution is 2.26. The molecule has 0 aliphatic carbocycles. The van der Waals surface area contributed by atoms with Crippen molar-refractivity contribution < 1.29 is 0 Å². The first-order chi connectivity index (χ1) is 7.15. The molecule has 1 rings (SSSR count). The van der Waals surface area contributed by atoms with Crippen LogP contribution in [-0.4, -0.2) is 19.1 Å². The highest BCUT2D eigenvalue weighted by molar-refractivity contribution is 7.10. The molecule has 2 nitrogen and oxygen atoms in total. The molecule has 0 bridgehead atoms. The molecule has 0 radical (unpaired) electrons. The van der Waals surface area contributed by atoms with E-state index in [0.29, 0.717) is 6.04 Å². The average molecular weight is 247 g/mol. The Kier molecular flexibility index (Phi) is 5.61. The molecule has 4 heteroatoms. The molecule has 1 atom stereocenters. The third kappa shape index (κ3) is 4.11. The average Bonchev–Trinajstić information content (AvgIpc) is 2.54. The third-order valence-electron chi connectivity index (χ3n) is 2.28. The molecule has 1 unspecified atom stereocenters. The van der Waals surface area contributed by atoms with Crippen molar-refractivity contribution in [1.82, 2.24) is 10.6 Å². The zero-order valence-electron chi connectivity index (χ0n) is 9.56. The van der Waals surface area contributed by atoms with E-state index in [1.165, 1.54) is 10.4 Å². The Morgan fingerprint density at radius 1 is 1.53 bits per heavy atom. The Hall–Kier alpha value is -0.0900. The van der Waals surface area contributed by atoms with Crippen LogP contribution in [0.25, 0.3) is 0 Å². The number of likely N-dealkylation sites (N-methyl/N-ethyl adjacent to an activating group) is 1. The van der Waals surface area contributed by atoms with Crippen molar-refractivity contribution in [1.29, 1.82) is 0 Å². The molecule has 1 aromatic heterocycles. The summed E-state index contributed by atoms with van der Waals surface area (Å²) in [6.45, 7) is 9.22. The van der Waals surface area contributed by atoms with Crippen LogP contribution in [0.3, 0.4) is 0 Å². The maximum atomic E-state index is 6.15. The number of nitrogens with one attached hydrogen (secondary N) is 2. The molecule has 15 heavy (non-hydrogen) atoms. The van der Waals surface area contributed by atoms with Crippen LogP contribution < -0.4 is 10.6 Å². The fourth-order valence-electron chi connectivity index (χ4n) is 1.30. The highest BCUT2D eigenvalue weighted by Gasteiger charge is 2.07. The van der Waals surface area contributed by atoms with Gasteiger partial charge in [0, 0.05) is 24.0 Å². The monoisotopic (exact) mass is 246 g/mol. The van der Waals surface area contributed by atoms with Gasteiger partial charge >= 0.3 is 0 Å². The second-order valence-electron chi connectivity index (χ2n) is 3.75. The van der Waals surface area contributed by atoms with Crippen LogP contribution in [0.1, 0.15) is 24.3 Å². The molecule has 0 aliphatic heterocycles. The van der Waals surface area contributed by atoms with Crippen LogP contribution in [0.5, 0.6) is 0 Å². The standard InChI is InChI=1S/C11H19ClN2S/c1-4-13-5-9(3)14-6-10-11(12)8(2)7-15-10/h7,9,13-14H,4-6H2,1-3H3. The molecule has 0 amide bonds. The fourth-order valence-corrected chi connectivity index (χ4v) is 2.49. The summed E-state index contributed by atoms with van der Waals surface area (Å²) in [5.41, 5.74) is 1.18. The number of halogens is 1. The molecular weight excluding hydrogens is 228 g/mol. The minimum Gasteiger partial charge on any atom is -0.315 e. The van der Waals surface area contributed by atoms with Gasteiger partial charge in [-0.1, -0.05) is 18.5 Å². The predicted octanol–water partition coefficient (Wildman–Crippen LogP) is 2.80. The molecule has 0 saturated carbocycles. The second-order valence-corrected chi connectivity index (χ2v) is 5.09. The summed E-state index contributed by atoms with van der Waals surface area (Å²) in [5.74, 6) is 0. The molecule has 1 aromatic rings. The van der Waals surface area contributed by atoms with Crippen molar-refractivity contribution in [2.24, 2.45) is 0 Å².